The topological polar surface area (TPSA) is 86.7 Å². The van der Waals surface area contributed by atoms with Crippen molar-refractivity contribution in [2.24, 2.45) is 5.92 Å². The Hall–Kier alpha value is -2.80. The van der Waals surface area contributed by atoms with E-state index >= 15 is 0 Å². The number of carboxylic acid groups (broad SMARTS) is 1. The smallest absolute Gasteiger partial charge is 0.326 e. The average molecular weight is 455 g/mol. The highest BCUT2D eigenvalue weighted by atomic mass is 32.1. The highest BCUT2D eigenvalue weighted by Gasteiger charge is 2.38. The Bertz CT molecular complexity index is 963. The largest absolute Gasteiger partial charge is 0.480 e. The monoisotopic (exact) mass is 454 g/mol. The lowest BCUT2D eigenvalue weighted by Crippen LogP contribution is -2.54. The molecule has 2 aromatic carbocycles. The van der Waals surface area contributed by atoms with Gasteiger partial charge in [0.15, 0.2) is 0 Å². The summed E-state index contributed by atoms with van der Waals surface area (Å²) in [6.07, 6.45) is 1.09. The highest BCUT2D eigenvalue weighted by Crippen LogP contribution is 2.24. The van der Waals surface area contributed by atoms with Gasteiger partial charge in [-0.05, 0) is 35.4 Å². The van der Waals surface area contributed by atoms with Gasteiger partial charge in [0.25, 0.3) is 0 Å². The number of nitrogens with zero attached hydrogens (tertiary/aromatic N) is 1. The molecule has 2 aromatic rings. The first kappa shape index (κ1) is 23.9. The van der Waals surface area contributed by atoms with Gasteiger partial charge in [-0.2, -0.15) is 12.6 Å². The second-order valence-corrected chi connectivity index (χ2v) is 9.31. The summed E-state index contributed by atoms with van der Waals surface area (Å²) in [7, 11) is 0. The second-order valence-electron chi connectivity index (χ2n) is 8.69. The molecule has 0 aromatic heterocycles. The van der Waals surface area contributed by atoms with E-state index in [1.165, 1.54) is 4.90 Å². The van der Waals surface area contributed by atoms with E-state index in [1.54, 1.807) is 0 Å². The zero-order chi connectivity index (χ0) is 23.3. The maximum atomic E-state index is 13.5. The molecular weight excluding hydrogens is 424 g/mol. The van der Waals surface area contributed by atoms with Crippen LogP contribution in [0.4, 0.5) is 0 Å². The number of benzene rings is 2. The van der Waals surface area contributed by atoms with Crippen LogP contribution >= 0.6 is 12.6 Å². The lowest BCUT2D eigenvalue weighted by atomic mass is 10.0. The molecule has 3 rings (SSSR count). The van der Waals surface area contributed by atoms with Crippen LogP contribution in [0.3, 0.4) is 0 Å². The lowest BCUT2D eigenvalue weighted by Gasteiger charge is -2.31. The molecular formula is C25H30N2O4S. The number of nitrogens with one attached hydrogen (secondary N) is 1. The van der Waals surface area contributed by atoms with Gasteiger partial charge >= 0.3 is 5.97 Å². The van der Waals surface area contributed by atoms with Crippen LogP contribution in [0.15, 0.2) is 54.6 Å². The predicted octanol–water partition coefficient (Wildman–Crippen LogP) is 3.10. The van der Waals surface area contributed by atoms with Gasteiger partial charge in [-0.1, -0.05) is 68.4 Å². The van der Waals surface area contributed by atoms with Gasteiger partial charge < -0.3 is 15.3 Å². The van der Waals surface area contributed by atoms with Crippen LogP contribution in [0.25, 0.3) is 0 Å². The third-order valence-electron chi connectivity index (χ3n) is 5.71. The van der Waals surface area contributed by atoms with Crippen molar-refractivity contribution in [2.45, 2.75) is 57.0 Å². The fraction of sp³-hybridized carbons (Fsp3) is 0.400. The molecule has 0 aliphatic carbocycles. The maximum absolute atomic E-state index is 13.5. The number of rotatable bonds is 8. The summed E-state index contributed by atoms with van der Waals surface area (Å²) in [4.78, 5) is 39.8. The van der Waals surface area contributed by atoms with Gasteiger partial charge in [0.2, 0.25) is 11.8 Å². The molecule has 0 saturated heterocycles. The highest BCUT2D eigenvalue weighted by molar-refractivity contribution is 7.81. The van der Waals surface area contributed by atoms with Crippen molar-refractivity contribution in [3.63, 3.8) is 0 Å². The first-order valence-corrected chi connectivity index (χ1v) is 11.4. The van der Waals surface area contributed by atoms with Crippen LogP contribution in [0.5, 0.6) is 0 Å². The Morgan fingerprint density at radius 3 is 2.34 bits per heavy atom. The summed E-state index contributed by atoms with van der Waals surface area (Å²) in [6.45, 7) is 4.07. The molecule has 3 atom stereocenters. The third-order valence-corrected chi connectivity index (χ3v) is 6.13. The quantitative estimate of drug-likeness (QED) is 0.535. The minimum atomic E-state index is -1.03. The average Bonchev–Trinajstić information content (AvgIpc) is 2.89. The number of aliphatic carboxylic acids is 1. The van der Waals surface area contributed by atoms with E-state index in [-0.39, 0.29) is 24.3 Å². The fourth-order valence-corrected chi connectivity index (χ4v) is 4.35. The van der Waals surface area contributed by atoms with Crippen molar-refractivity contribution in [1.29, 1.82) is 0 Å². The summed E-state index contributed by atoms with van der Waals surface area (Å²) in [5.74, 6) is -1.65. The Balaban J connectivity index is 1.84. The Morgan fingerprint density at radius 2 is 1.72 bits per heavy atom. The van der Waals surface area contributed by atoms with Crippen LogP contribution < -0.4 is 5.32 Å². The van der Waals surface area contributed by atoms with Gasteiger partial charge in [-0.25, -0.2) is 4.79 Å². The van der Waals surface area contributed by atoms with E-state index in [9.17, 15) is 19.5 Å². The van der Waals surface area contributed by atoms with E-state index in [2.05, 4.69) is 17.9 Å². The first-order valence-electron chi connectivity index (χ1n) is 10.9. The molecule has 1 aliphatic heterocycles. The number of amides is 2. The Labute approximate surface area is 194 Å². The molecule has 0 fully saturated rings. The molecule has 32 heavy (non-hydrogen) atoms. The molecule has 7 heteroatoms. The molecule has 1 aliphatic rings. The SMILES string of the molecule is CC(C)CC(C(=O)O)N1Cc2ccccc2CC(NC(=O)C(S)Cc2ccccc2)C1=O. The summed E-state index contributed by atoms with van der Waals surface area (Å²) in [5, 5.41) is 12.1. The van der Waals surface area contributed by atoms with E-state index in [1.807, 2.05) is 68.4 Å². The molecule has 3 unspecified atom stereocenters. The summed E-state index contributed by atoms with van der Waals surface area (Å²) in [6, 6.07) is 15.4. The van der Waals surface area contributed by atoms with Gasteiger partial charge in [0.05, 0.1) is 5.25 Å². The lowest BCUT2D eigenvalue weighted by molar-refractivity contribution is -0.152. The maximum Gasteiger partial charge on any atom is 0.326 e. The van der Waals surface area contributed by atoms with Crippen molar-refractivity contribution < 1.29 is 19.5 Å². The van der Waals surface area contributed by atoms with Gasteiger partial charge in [0, 0.05) is 13.0 Å². The van der Waals surface area contributed by atoms with Gasteiger partial charge in [-0.15, -0.1) is 0 Å². The molecule has 170 valence electrons. The van der Waals surface area contributed by atoms with Crippen molar-refractivity contribution in [3.8, 4) is 0 Å². The normalized spacial score (nSPS) is 17.9. The fourth-order valence-electron chi connectivity index (χ4n) is 4.06. The molecule has 1 heterocycles. The molecule has 0 saturated carbocycles. The van der Waals surface area contributed by atoms with Crippen LogP contribution in [0.2, 0.25) is 0 Å². The third kappa shape index (κ3) is 5.91. The van der Waals surface area contributed by atoms with Crippen LogP contribution in [0.1, 0.15) is 37.0 Å². The summed E-state index contributed by atoms with van der Waals surface area (Å²) >= 11 is 4.46. The molecule has 6 nitrogen and oxygen atoms in total. The van der Waals surface area contributed by atoms with Crippen molar-refractivity contribution in [3.05, 3.63) is 71.3 Å². The van der Waals surface area contributed by atoms with Gasteiger partial charge in [0.1, 0.15) is 12.1 Å². The minimum absolute atomic E-state index is 0.100. The Morgan fingerprint density at radius 1 is 1.09 bits per heavy atom. The van der Waals surface area contributed by atoms with E-state index in [4.69, 9.17) is 0 Å². The number of hydrogen-bond acceptors (Lipinski definition) is 4. The van der Waals surface area contributed by atoms with E-state index in [0.717, 1.165) is 16.7 Å². The van der Waals surface area contributed by atoms with Crippen molar-refractivity contribution >= 4 is 30.4 Å². The van der Waals surface area contributed by atoms with E-state index in [0.29, 0.717) is 19.3 Å². The second kappa shape index (κ2) is 10.7. The summed E-state index contributed by atoms with van der Waals surface area (Å²) in [5.41, 5.74) is 2.81. The zero-order valence-electron chi connectivity index (χ0n) is 18.4. The summed E-state index contributed by atoms with van der Waals surface area (Å²) < 4.78 is 0. The zero-order valence-corrected chi connectivity index (χ0v) is 19.3. The molecule has 0 radical (unpaired) electrons. The number of carbonyl (C=O) groups excluding carboxylic acids is 2. The van der Waals surface area contributed by atoms with Crippen molar-refractivity contribution in [1.82, 2.24) is 10.2 Å². The number of carbonyl (C=O) groups is 3. The number of carboxylic acids is 1. The van der Waals surface area contributed by atoms with Crippen LogP contribution in [0, 0.1) is 5.92 Å². The van der Waals surface area contributed by atoms with Crippen molar-refractivity contribution in [2.75, 3.05) is 0 Å². The van der Waals surface area contributed by atoms with Crippen LogP contribution in [-0.2, 0) is 33.8 Å². The number of thiol groups is 1. The molecule has 0 bridgehead atoms. The standard InChI is InChI=1S/C25H30N2O4S/c1-16(2)12-21(25(30)31)27-15-19-11-7-6-10-18(19)14-20(24(27)29)26-23(28)22(32)13-17-8-4-3-5-9-17/h3-11,16,20-22,32H,12-15H2,1-2H3,(H,26,28)(H,30,31). The minimum Gasteiger partial charge on any atom is -0.480 e. The Kier molecular flexibility index (Phi) is 7.96. The van der Waals surface area contributed by atoms with Gasteiger partial charge in [-0.3, -0.25) is 9.59 Å². The molecule has 2 N–H and O–H groups in total. The number of fused-ring (bicyclic) bond motifs is 1. The van der Waals surface area contributed by atoms with Crippen LogP contribution in [-0.4, -0.2) is 45.1 Å². The van der Waals surface area contributed by atoms with E-state index < -0.39 is 23.3 Å². The molecule has 0 spiro atoms. The predicted molar refractivity (Wildman–Crippen MR) is 126 cm³/mol. The number of hydrogen-bond donors (Lipinski definition) is 3. The first-order chi connectivity index (χ1) is 15.3. The molecule has 2 amide bonds.